The zero-order chi connectivity index (χ0) is 7.91. The summed E-state index contributed by atoms with van der Waals surface area (Å²) in [5, 5.41) is 0. The summed E-state index contributed by atoms with van der Waals surface area (Å²) in [6.07, 6.45) is 0. The smallest absolute Gasteiger partial charge is 0.649 e. The molecule has 0 radical (unpaired) electrons. The van der Waals surface area contributed by atoms with Crippen molar-refractivity contribution in [2.45, 2.75) is 33.3 Å². The number of rotatable bonds is 1. The van der Waals surface area contributed by atoms with Crippen LogP contribution in [0, 0.1) is 6.92 Å². The molecule has 0 aromatic heterocycles. The first-order valence-electron chi connectivity index (χ1n) is 2.82. The quantitative estimate of drug-likeness (QED) is 0.542. The van der Waals surface area contributed by atoms with E-state index in [4.69, 9.17) is 0 Å². The largest absolute Gasteiger partial charge is 2.00 e. The number of hydrogen-bond acceptors (Lipinski definition) is 2. The van der Waals surface area contributed by atoms with Crippen LogP contribution in [0.5, 0.6) is 0 Å². The van der Waals surface area contributed by atoms with Crippen LogP contribution in [0.1, 0.15) is 27.7 Å². The Hall–Kier alpha value is 0.573. The molecule has 0 amide bonds. The van der Waals surface area contributed by atoms with Crippen molar-refractivity contribution in [2.24, 2.45) is 0 Å². The van der Waals surface area contributed by atoms with Gasteiger partial charge in [-0.25, -0.2) is 0 Å². The van der Waals surface area contributed by atoms with Gasteiger partial charge in [0.15, 0.2) is 0 Å². The van der Waals surface area contributed by atoms with Gasteiger partial charge in [0.1, 0.15) is 0 Å². The third-order valence-electron chi connectivity index (χ3n) is 0.348. The number of halogens is 1. The van der Waals surface area contributed by atoms with Gasteiger partial charge in [0, 0.05) is 0 Å². The van der Waals surface area contributed by atoms with E-state index in [1.807, 2.05) is 0 Å². The molecule has 0 saturated carbocycles. The van der Waals surface area contributed by atoms with E-state index in [0.717, 1.165) is 0 Å². The van der Waals surface area contributed by atoms with Crippen LogP contribution in [0.15, 0.2) is 0 Å². The van der Waals surface area contributed by atoms with Gasteiger partial charge in [-0.05, 0) is 20.8 Å². The normalized spacial score (nSPS) is 7.36. The molecule has 0 N–H and O–H groups in total. The first-order valence-corrected chi connectivity index (χ1v) is 2.82. The van der Waals surface area contributed by atoms with Gasteiger partial charge in [0.25, 0.3) is 0 Å². The summed E-state index contributed by atoms with van der Waals surface area (Å²) < 4.78 is 4.42. The van der Waals surface area contributed by atoms with Gasteiger partial charge < -0.3 is 16.5 Å². The summed E-state index contributed by atoms with van der Waals surface area (Å²) in [5.74, 6) is 0. The Balaban J connectivity index is -0.0000000564. The zero-order valence-electron chi connectivity index (χ0n) is 7.64. The zero-order valence-corrected chi connectivity index (χ0v) is 12.3. The first kappa shape index (κ1) is 22.6. The summed E-state index contributed by atoms with van der Waals surface area (Å²) >= 11 is 0. The van der Waals surface area contributed by atoms with Gasteiger partial charge in [-0.15, -0.1) is 17.0 Å². The molecule has 0 heterocycles. The fraction of sp³-hybridized carbons (Fsp3) is 0.714. The van der Waals surface area contributed by atoms with E-state index in [2.05, 4.69) is 11.7 Å². The predicted octanol–water partition coefficient (Wildman–Crippen LogP) is 2.28. The maximum absolute atomic E-state index is 9.47. The first-order chi connectivity index (χ1) is 4.06. The van der Waals surface area contributed by atoms with Crippen molar-refractivity contribution in [3.63, 3.8) is 0 Å². The summed E-state index contributed by atoms with van der Waals surface area (Å²) in [6.45, 7) is 11.7. The van der Waals surface area contributed by atoms with E-state index in [-0.39, 0.29) is 42.1 Å². The van der Waals surface area contributed by atoms with E-state index >= 15 is 0 Å². The Labute approximate surface area is 92.6 Å². The molecule has 64 valence electrons. The van der Waals surface area contributed by atoms with Crippen molar-refractivity contribution in [1.82, 2.24) is 0 Å². The Kier molecular flexibility index (Phi) is 27.0. The van der Waals surface area contributed by atoms with Crippen molar-refractivity contribution >= 4 is 23.5 Å². The van der Waals surface area contributed by atoms with Crippen LogP contribution in [-0.2, 0) is 29.0 Å². The molecule has 0 bridgehead atoms. The van der Waals surface area contributed by atoms with E-state index in [9.17, 15) is 4.79 Å². The summed E-state index contributed by atoms with van der Waals surface area (Å²) in [4.78, 5) is 9.47. The molecule has 0 aliphatic heterocycles. The minimum absolute atomic E-state index is 0. The van der Waals surface area contributed by atoms with Crippen molar-refractivity contribution < 1.29 is 29.0 Å². The third kappa shape index (κ3) is 37.2. The molecule has 0 aromatic rings. The SMILES string of the molecule is Br.CC(C)(C)O[C-]=O.[CH2-]C.[Zn+2]. The monoisotopic (exact) mass is 274 g/mol. The Bertz CT molecular complexity index is 71.3. The molecule has 0 aliphatic rings. The van der Waals surface area contributed by atoms with Crippen LogP contribution in [0.2, 0.25) is 0 Å². The summed E-state index contributed by atoms with van der Waals surface area (Å²) in [7, 11) is 0. The predicted molar refractivity (Wildman–Crippen MR) is 47.9 cm³/mol. The maximum Gasteiger partial charge on any atom is 2.00 e. The molecule has 2 nitrogen and oxygen atoms in total. The number of ether oxygens (including phenoxy) is 1. The molecule has 0 spiro atoms. The van der Waals surface area contributed by atoms with Crippen LogP contribution in [0.3, 0.4) is 0 Å². The minimum Gasteiger partial charge on any atom is -0.649 e. The molecule has 0 aromatic carbocycles. The van der Waals surface area contributed by atoms with Crippen molar-refractivity contribution in [3.8, 4) is 0 Å². The van der Waals surface area contributed by atoms with Crippen LogP contribution >= 0.6 is 17.0 Å². The molecule has 0 saturated heterocycles. The molecular weight excluding hydrogens is 261 g/mol. The summed E-state index contributed by atoms with van der Waals surface area (Å²) in [5.41, 5.74) is -0.373. The Morgan fingerprint density at radius 2 is 1.55 bits per heavy atom. The number of hydrogen-bond donors (Lipinski definition) is 0. The van der Waals surface area contributed by atoms with E-state index in [0.29, 0.717) is 0 Å². The third-order valence-corrected chi connectivity index (χ3v) is 0.348. The molecule has 0 rings (SSSR count). The van der Waals surface area contributed by atoms with Crippen molar-refractivity contribution in [1.29, 1.82) is 0 Å². The Morgan fingerprint density at radius 3 is 1.55 bits per heavy atom. The average Bonchev–Trinajstić information content (AvgIpc) is 1.69. The maximum atomic E-state index is 9.47. The van der Waals surface area contributed by atoms with Crippen molar-refractivity contribution in [3.05, 3.63) is 6.92 Å². The van der Waals surface area contributed by atoms with Gasteiger partial charge in [-0.3, -0.25) is 0 Å². The van der Waals surface area contributed by atoms with Gasteiger partial charge in [0.05, 0.1) is 5.60 Å². The second kappa shape index (κ2) is 13.2. The van der Waals surface area contributed by atoms with E-state index < -0.39 is 0 Å². The van der Waals surface area contributed by atoms with Gasteiger partial charge in [0.2, 0.25) is 0 Å². The molecule has 0 fully saturated rings. The van der Waals surface area contributed by atoms with Crippen LogP contribution in [-0.4, -0.2) is 12.1 Å². The number of carbonyl (C=O) groups excluding carboxylic acids is 1. The molecule has 4 heteroatoms. The van der Waals surface area contributed by atoms with Gasteiger partial charge in [-0.2, -0.15) is 6.92 Å². The fourth-order valence-corrected chi connectivity index (χ4v) is 0.125. The second-order valence-electron chi connectivity index (χ2n) is 2.30. The molecular formula is C7H15BrO2Zn. The molecule has 0 atom stereocenters. The van der Waals surface area contributed by atoms with Crippen LogP contribution < -0.4 is 0 Å². The second-order valence-corrected chi connectivity index (χ2v) is 2.30. The minimum atomic E-state index is -0.373. The molecule has 0 aliphatic carbocycles. The molecule has 11 heavy (non-hydrogen) atoms. The van der Waals surface area contributed by atoms with Gasteiger partial charge in [-0.1, -0.05) is 6.47 Å². The fourth-order valence-electron chi connectivity index (χ4n) is 0.125. The van der Waals surface area contributed by atoms with E-state index in [1.165, 1.54) is 6.47 Å². The standard InChI is InChI=1S/C5H9O2.C2H5.BrH.Zn/c1-5(2,3)7-4-6;1-2;;/h1-3H3;1H2,2H3;1H;/q2*-1;;+2. The summed E-state index contributed by atoms with van der Waals surface area (Å²) in [6, 6.07) is 0. The van der Waals surface area contributed by atoms with Crippen LogP contribution in [0.4, 0.5) is 0 Å². The Morgan fingerprint density at radius 1 is 1.27 bits per heavy atom. The topological polar surface area (TPSA) is 26.3 Å². The van der Waals surface area contributed by atoms with Crippen molar-refractivity contribution in [2.75, 3.05) is 0 Å². The van der Waals surface area contributed by atoms with Crippen LogP contribution in [0.25, 0.3) is 0 Å². The van der Waals surface area contributed by atoms with Gasteiger partial charge >= 0.3 is 19.5 Å². The average molecular weight is 276 g/mol. The van der Waals surface area contributed by atoms with E-state index in [1.54, 1.807) is 27.7 Å². The molecule has 0 unspecified atom stereocenters.